The zero-order chi connectivity index (χ0) is 24.6. The van der Waals surface area contributed by atoms with Crippen LogP contribution in [0, 0.1) is 0 Å². The summed E-state index contributed by atoms with van der Waals surface area (Å²) in [6.07, 6.45) is 1.73. The number of thioether (sulfide) groups is 1. The molecular weight excluding hydrogens is 460 g/mol. The molecule has 1 atom stereocenters. The van der Waals surface area contributed by atoms with Crippen LogP contribution < -0.4 is 16.0 Å². The van der Waals surface area contributed by atoms with Crippen LogP contribution in [0.5, 0.6) is 0 Å². The van der Waals surface area contributed by atoms with Gasteiger partial charge in [0.05, 0.1) is 5.69 Å². The Balaban J connectivity index is 1.36. The number of benzene rings is 2. The highest BCUT2D eigenvalue weighted by molar-refractivity contribution is 7.99. The first kappa shape index (κ1) is 24.7. The van der Waals surface area contributed by atoms with Gasteiger partial charge in [-0.15, -0.1) is 11.8 Å². The van der Waals surface area contributed by atoms with Crippen molar-refractivity contribution in [1.29, 1.82) is 0 Å². The van der Waals surface area contributed by atoms with Crippen LogP contribution in [0.2, 0.25) is 0 Å². The molecule has 182 valence electrons. The number of piperazine rings is 1. The van der Waals surface area contributed by atoms with Gasteiger partial charge in [0.25, 0.3) is 5.91 Å². The molecule has 9 heteroatoms. The highest BCUT2D eigenvalue weighted by Gasteiger charge is 2.21. The fraction of sp³-hybridized carbons (Fsp3) is 0.308. The van der Waals surface area contributed by atoms with E-state index in [2.05, 4.69) is 45.0 Å². The molecule has 35 heavy (non-hydrogen) atoms. The molecule has 1 unspecified atom stereocenters. The van der Waals surface area contributed by atoms with Crippen LogP contribution in [0.4, 0.5) is 11.6 Å². The van der Waals surface area contributed by atoms with E-state index in [-0.39, 0.29) is 11.8 Å². The number of rotatable bonds is 8. The number of hydrogen-bond acceptors (Lipinski definition) is 7. The summed E-state index contributed by atoms with van der Waals surface area (Å²) < 4.78 is 0. The van der Waals surface area contributed by atoms with E-state index in [1.807, 2.05) is 47.4 Å². The van der Waals surface area contributed by atoms with E-state index in [1.54, 1.807) is 18.0 Å². The van der Waals surface area contributed by atoms with Crippen LogP contribution in [0.15, 0.2) is 65.7 Å². The summed E-state index contributed by atoms with van der Waals surface area (Å²) in [5.74, 6) is 1.36. The number of nitrogens with one attached hydrogen (secondary N) is 3. The number of aromatic nitrogens is 2. The molecule has 1 fully saturated rings. The number of anilines is 2. The quantitative estimate of drug-likeness (QED) is 0.328. The topological polar surface area (TPSA) is 99.2 Å². The van der Waals surface area contributed by atoms with Gasteiger partial charge >= 0.3 is 0 Å². The van der Waals surface area contributed by atoms with Crippen LogP contribution in [-0.2, 0) is 4.79 Å². The van der Waals surface area contributed by atoms with Gasteiger partial charge in [-0.2, -0.15) is 0 Å². The molecule has 1 aliphatic heterocycles. The molecule has 2 aromatic carbocycles. The molecule has 1 aromatic heterocycles. The lowest BCUT2D eigenvalue weighted by molar-refractivity contribution is -0.118. The summed E-state index contributed by atoms with van der Waals surface area (Å²) in [5, 5.41) is 9.38. The molecule has 0 spiro atoms. The Morgan fingerprint density at radius 3 is 2.60 bits per heavy atom. The third kappa shape index (κ3) is 7.03. The second-order valence-corrected chi connectivity index (χ2v) is 9.60. The second kappa shape index (κ2) is 11.8. The normalized spacial score (nSPS) is 15.5. The molecule has 1 aliphatic rings. The van der Waals surface area contributed by atoms with Gasteiger partial charge in [0.2, 0.25) is 11.9 Å². The van der Waals surface area contributed by atoms with Crippen molar-refractivity contribution >= 4 is 35.2 Å². The smallest absolute Gasteiger partial charge is 0.253 e. The van der Waals surface area contributed by atoms with Gasteiger partial charge in [-0.05, 0) is 49.4 Å². The predicted octanol–water partition coefficient (Wildman–Crippen LogP) is 3.55. The SMILES string of the molecule is CC(=O)NCCSc1ccc(-c2ccnc(Nc3ccc(C(=O)N4CCNC(C)C4)cc3)n2)cc1. The van der Waals surface area contributed by atoms with Gasteiger partial charge in [0.15, 0.2) is 0 Å². The minimum atomic E-state index is -0.0107. The van der Waals surface area contributed by atoms with Crippen molar-refractivity contribution in [2.24, 2.45) is 0 Å². The Kier molecular flexibility index (Phi) is 8.33. The van der Waals surface area contributed by atoms with Crippen molar-refractivity contribution in [3.63, 3.8) is 0 Å². The fourth-order valence-electron chi connectivity index (χ4n) is 3.82. The highest BCUT2D eigenvalue weighted by atomic mass is 32.2. The lowest BCUT2D eigenvalue weighted by Gasteiger charge is -2.32. The third-order valence-corrected chi connectivity index (χ3v) is 6.61. The van der Waals surface area contributed by atoms with Crippen LogP contribution in [-0.4, -0.2) is 64.7 Å². The Morgan fingerprint density at radius 2 is 1.89 bits per heavy atom. The number of carbonyl (C=O) groups is 2. The molecule has 3 N–H and O–H groups in total. The number of hydrogen-bond donors (Lipinski definition) is 3. The Morgan fingerprint density at radius 1 is 1.11 bits per heavy atom. The zero-order valence-corrected chi connectivity index (χ0v) is 20.8. The molecule has 8 nitrogen and oxygen atoms in total. The van der Waals surface area contributed by atoms with Gasteiger partial charge < -0.3 is 20.9 Å². The van der Waals surface area contributed by atoms with Crippen LogP contribution in [0.25, 0.3) is 11.3 Å². The van der Waals surface area contributed by atoms with E-state index >= 15 is 0 Å². The molecule has 0 bridgehead atoms. The van der Waals surface area contributed by atoms with E-state index in [4.69, 9.17) is 0 Å². The Labute approximate surface area is 209 Å². The maximum Gasteiger partial charge on any atom is 0.253 e. The molecule has 0 aliphatic carbocycles. The lowest BCUT2D eigenvalue weighted by atomic mass is 10.1. The maximum atomic E-state index is 12.8. The first-order valence-electron chi connectivity index (χ1n) is 11.7. The zero-order valence-electron chi connectivity index (χ0n) is 20.0. The van der Waals surface area contributed by atoms with Crippen molar-refractivity contribution in [3.8, 4) is 11.3 Å². The summed E-state index contributed by atoms with van der Waals surface area (Å²) in [7, 11) is 0. The van der Waals surface area contributed by atoms with Crippen molar-refractivity contribution in [3.05, 3.63) is 66.4 Å². The third-order valence-electron chi connectivity index (χ3n) is 5.59. The summed E-state index contributed by atoms with van der Waals surface area (Å²) in [4.78, 5) is 35.7. The largest absolute Gasteiger partial charge is 0.356 e. The summed E-state index contributed by atoms with van der Waals surface area (Å²) >= 11 is 1.69. The predicted molar refractivity (Wildman–Crippen MR) is 140 cm³/mol. The van der Waals surface area contributed by atoms with E-state index in [1.165, 1.54) is 6.92 Å². The number of carbonyl (C=O) groups excluding carboxylic acids is 2. The van der Waals surface area contributed by atoms with Crippen molar-refractivity contribution < 1.29 is 9.59 Å². The van der Waals surface area contributed by atoms with Gasteiger partial charge in [-0.25, -0.2) is 9.97 Å². The standard InChI is InChI=1S/C26H30N6O2S/c1-18-17-32(15-13-27-18)25(34)21-3-7-22(8-4-21)30-26-29-12-11-24(31-26)20-5-9-23(10-6-20)35-16-14-28-19(2)33/h3-12,18,27H,13-17H2,1-2H3,(H,28,33)(H,29,30,31). The Bertz CT molecular complexity index is 1150. The van der Waals surface area contributed by atoms with Crippen molar-refractivity contribution in [1.82, 2.24) is 25.5 Å². The first-order valence-corrected chi connectivity index (χ1v) is 12.7. The molecule has 0 saturated carbocycles. The van der Waals surface area contributed by atoms with E-state index < -0.39 is 0 Å². The Hall–Kier alpha value is -3.43. The van der Waals surface area contributed by atoms with Gasteiger partial charge in [0, 0.05) is 72.8 Å². The first-order chi connectivity index (χ1) is 17.0. The minimum Gasteiger partial charge on any atom is -0.356 e. The van der Waals surface area contributed by atoms with E-state index in [9.17, 15) is 9.59 Å². The highest BCUT2D eigenvalue weighted by Crippen LogP contribution is 2.24. The van der Waals surface area contributed by atoms with Gasteiger partial charge in [0.1, 0.15) is 0 Å². The fourth-order valence-corrected chi connectivity index (χ4v) is 4.59. The average Bonchev–Trinajstić information content (AvgIpc) is 2.87. The van der Waals surface area contributed by atoms with Crippen LogP contribution in [0.3, 0.4) is 0 Å². The molecule has 3 aromatic rings. The summed E-state index contributed by atoms with van der Waals surface area (Å²) in [5.41, 5.74) is 3.30. The molecular formula is C26H30N6O2S. The number of amides is 2. The summed E-state index contributed by atoms with van der Waals surface area (Å²) in [6.45, 7) is 6.52. The van der Waals surface area contributed by atoms with Gasteiger partial charge in [-0.1, -0.05) is 12.1 Å². The average molecular weight is 491 g/mol. The molecule has 0 radical (unpaired) electrons. The van der Waals surface area contributed by atoms with Gasteiger partial charge in [-0.3, -0.25) is 9.59 Å². The molecule has 1 saturated heterocycles. The lowest BCUT2D eigenvalue weighted by Crippen LogP contribution is -2.51. The second-order valence-electron chi connectivity index (χ2n) is 8.43. The van der Waals surface area contributed by atoms with E-state index in [0.717, 1.165) is 47.2 Å². The van der Waals surface area contributed by atoms with Crippen molar-refractivity contribution in [2.45, 2.75) is 24.8 Å². The maximum absolute atomic E-state index is 12.8. The molecule has 2 heterocycles. The molecule has 2 amide bonds. The van der Waals surface area contributed by atoms with E-state index in [0.29, 0.717) is 24.1 Å². The monoisotopic (exact) mass is 490 g/mol. The van der Waals surface area contributed by atoms with Crippen LogP contribution in [0.1, 0.15) is 24.2 Å². The number of nitrogens with zero attached hydrogens (tertiary/aromatic N) is 3. The van der Waals surface area contributed by atoms with Crippen LogP contribution >= 0.6 is 11.8 Å². The minimum absolute atomic E-state index is 0.0107. The molecule has 4 rings (SSSR count). The van der Waals surface area contributed by atoms with Crippen molar-refractivity contribution in [2.75, 3.05) is 37.2 Å². The summed E-state index contributed by atoms with van der Waals surface area (Å²) in [6, 6.07) is 17.8.